The quantitative estimate of drug-likeness (QED) is 0.176. The monoisotopic (exact) mass is 204 g/mol. The highest BCUT2D eigenvalue weighted by Gasteiger charge is 2.11. The summed E-state index contributed by atoms with van der Waals surface area (Å²) >= 11 is 0. The molecule has 14 heavy (non-hydrogen) atoms. The SMILES string of the molecule is C/C=C/OC(=O)OCOOC(C)(C)C. The smallest absolute Gasteiger partial charge is 0.404 e. The van der Waals surface area contributed by atoms with E-state index >= 15 is 0 Å². The lowest BCUT2D eigenvalue weighted by atomic mass is 10.2. The Labute approximate surface area is 83.5 Å². The van der Waals surface area contributed by atoms with Gasteiger partial charge >= 0.3 is 6.16 Å². The van der Waals surface area contributed by atoms with Crippen LogP contribution < -0.4 is 0 Å². The maximum atomic E-state index is 10.7. The normalized spacial score (nSPS) is 11.7. The lowest BCUT2D eigenvalue weighted by Crippen LogP contribution is -2.21. The maximum Gasteiger partial charge on any atom is 0.515 e. The molecule has 0 aromatic heterocycles. The molecule has 0 heterocycles. The third-order valence-electron chi connectivity index (χ3n) is 0.834. The molecule has 0 fully saturated rings. The Morgan fingerprint density at radius 1 is 1.36 bits per heavy atom. The Hall–Kier alpha value is -1.07. The van der Waals surface area contributed by atoms with E-state index in [4.69, 9.17) is 4.89 Å². The van der Waals surface area contributed by atoms with E-state index in [1.165, 1.54) is 6.26 Å². The molecule has 0 amide bonds. The first-order chi connectivity index (χ1) is 6.45. The summed E-state index contributed by atoms with van der Waals surface area (Å²) in [5, 5.41) is 0. The molecule has 0 atom stereocenters. The van der Waals surface area contributed by atoms with Gasteiger partial charge < -0.3 is 9.47 Å². The highest BCUT2D eigenvalue weighted by atomic mass is 17.2. The van der Waals surface area contributed by atoms with E-state index in [0.29, 0.717) is 0 Å². The number of rotatable bonds is 4. The molecular formula is C9H16O5. The summed E-state index contributed by atoms with van der Waals surface area (Å²) in [7, 11) is 0. The standard InChI is InChI=1S/C9H16O5/c1-5-6-11-8(10)12-7-13-14-9(2,3)4/h5-6H,7H2,1-4H3/b6-5+. The van der Waals surface area contributed by atoms with Gasteiger partial charge in [0.1, 0.15) is 0 Å². The van der Waals surface area contributed by atoms with Crippen molar-refractivity contribution in [2.24, 2.45) is 0 Å². The van der Waals surface area contributed by atoms with Crippen LogP contribution in [-0.2, 0) is 19.2 Å². The summed E-state index contributed by atoms with van der Waals surface area (Å²) in [5.74, 6) is 0. The fourth-order valence-electron chi connectivity index (χ4n) is 0.431. The van der Waals surface area contributed by atoms with Gasteiger partial charge in [0, 0.05) is 0 Å². The van der Waals surface area contributed by atoms with Crippen LogP contribution in [-0.4, -0.2) is 18.5 Å². The van der Waals surface area contributed by atoms with Crippen LogP contribution in [0.25, 0.3) is 0 Å². The predicted octanol–water partition coefficient (Wildman–Crippen LogP) is 2.38. The van der Waals surface area contributed by atoms with Crippen molar-refractivity contribution in [3.05, 3.63) is 12.3 Å². The third kappa shape index (κ3) is 9.02. The number of hydrogen-bond acceptors (Lipinski definition) is 5. The zero-order valence-corrected chi connectivity index (χ0v) is 8.90. The maximum absolute atomic E-state index is 10.7. The molecule has 0 aliphatic heterocycles. The summed E-state index contributed by atoms with van der Waals surface area (Å²) in [6.45, 7) is 6.85. The number of carbonyl (C=O) groups excluding carboxylic acids is 1. The van der Waals surface area contributed by atoms with Crippen LogP contribution in [0.3, 0.4) is 0 Å². The van der Waals surface area contributed by atoms with E-state index in [9.17, 15) is 4.79 Å². The molecule has 0 radical (unpaired) electrons. The first-order valence-electron chi connectivity index (χ1n) is 4.21. The molecule has 0 aromatic carbocycles. The van der Waals surface area contributed by atoms with E-state index < -0.39 is 11.8 Å². The van der Waals surface area contributed by atoms with Crippen molar-refractivity contribution >= 4 is 6.16 Å². The minimum atomic E-state index is -0.833. The summed E-state index contributed by atoms with van der Waals surface area (Å²) in [5.41, 5.74) is -0.434. The van der Waals surface area contributed by atoms with Crippen molar-refractivity contribution in [2.45, 2.75) is 33.3 Å². The summed E-state index contributed by atoms with van der Waals surface area (Å²) < 4.78 is 8.93. The Kier molecular flexibility index (Phi) is 5.91. The van der Waals surface area contributed by atoms with Gasteiger partial charge in [-0.05, 0) is 27.7 Å². The molecule has 0 aliphatic rings. The zero-order valence-electron chi connectivity index (χ0n) is 8.90. The summed E-state index contributed by atoms with van der Waals surface area (Å²) in [4.78, 5) is 20.1. The minimum Gasteiger partial charge on any atom is -0.404 e. The topological polar surface area (TPSA) is 54.0 Å². The summed E-state index contributed by atoms with van der Waals surface area (Å²) in [6, 6.07) is 0. The zero-order chi connectivity index (χ0) is 11.0. The molecule has 0 aliphatic carbocycles. The molecule has 5 nitrogen and oxygen atoms in total. The van der Waals surface area contributed by atoms with E-state index in [-0.39, 0.29) is 6.79 Å². The molecule has 0 N–H and O–H groups in total. The number of allylic oxidation sites excluding steroid dienone is 1. The van der Waals surface area contributed by atoms with E-state index in [2.05, 4.69) is 14.4 Å². The summed E-state index contributed by atoms with van der Waals surface area (Å²) in [6.07, 6.45) is 1.95. The van der Waals surface area contributed by atoms with Gasteiger partial charge in [-0.3, -0.25) is 0 Å². The van der Waals surface area contributed by atoms with E-state index in [1.54, 1.807) is 13.0 Å². The number of hydrogen-bond donors (Lipinski definition) is 0. The molecule has 0 aromatic rings. The van der Waals surface area contributed by atoms with Gasteiger partial charge in [-0.2, -0.15) is 4.89 Å². The van der Waals surface area contributed by atoms with Crippen LogP contribution in [0, 0.1) is 0 Å². The van der Waals surface area contributed by atoms with Gasteiger partial charge in [0.25, 0.3) is 0 Å². The van der Waals surface area contributed by atoms with Crippen molar-refractivity contribution in [2.75, 3.05) is 6.79 Å². The highest BCUT2D eigenvalue weighted by Crippen LogP contribution is 2.06. The van der Waals surface area contributed by atoms with Crippen LogP contribution in [0.4, 0.5) is 4.79 Å². The second kappa shape index (κ2) is 6.39. The molecule has 0 saturated carbocycles. The Morgan fingerprint density at radius 2 is 2.00 bits per heavy atom. The van der Waals surface area contributed by atoms with Crippen LogP contribution in [0.15, 0.2) is 12.3 Å². The van der Waals surface area contributed by atoms with Crippen molar-refractivity contribution in [3.63, 3.8) is 0 Å². The molecule has 0 bridgehead atoms. The fraction of sp³-hybridized carbons (Fsp3) is 0.667. The molecule has 0 spiro atoms. The predicted molar refractivity (Wildman–Crippen MR) is 49.2 cm³/mol. The Morgan fingerprint density at radius 3 is 2.50 bits per heavy atom. The van der Waals surface area contributed by atoms with Crippen LogP contribution in [0.1, 0.15) is 27.7 Å². The molecule has 5 heteroatoms. The Balaban J connectivity index is 3.41. The third-order valence-corrected chi connectivity index (χ3v) is 0.834. The molecule has 0 unspecified atom stereocenters. The minimum absolute atomic E-state index is 0.298. The first kappa shape index (κ1) is 12.9. The van der Waals surface area contributed by atoms with E-state index in [1.807, 2.05) is 20.8 Å². The van der Waals surface area contributed by atoms with Gasteiger partial charge in [-0.1, -0.05) is 6.08 Å². The lowest BCUT2D eigenvalue weighted by molar-refractivity contribution is -0.374. The highest BCUT2D eigenvalue weighted by molar-refractivity contribution is 5.60. The van der Waals surface area contributed by atoms with Crippen LogP contribution >= 0.6 is 0 Å². The van der Waals surface area contributed by atoms with Crippen molar-refractivity contribution in [3.8, 4) is 0 Å². The first-order valence-corrected chi connectivity index (χ1v) is 4.21. The second-order valence-corrected chi connectivity index (χ2v) is 3.41. The number of ether oxygens (including phenoxy) is 2. The van der Waals surface area contributed by atoms with Crippen LogP contribution in [0.2, 0.25) is 0 Å². The van der Waals surface area contributed by atoms with Gasteiger partial charge in [0.05, 0.1) is 11.9 Å². The van der Waals surface area contributed by atoms with Crippen molar-refractivity contribution < 1.29 is 24.0 Å². The van der Waals surface area contributed by atoms with Crippen molar-refractivity contribution in [1.82, 2.24) is 0 Å². The average Bonchev–Trinajstić information content (AvgIpc) is 2.07. The molecule has 0 saturated heterocycles. The molecular weight excluding hydrogens is 188 g/mol. The van der Waals surface area contributed by atoms with Gasteiger partial charge in [0.15, 0.2) is 0 Å². The largest absolute Gasteiger partial charge is 0.515 e. The fourth-order valence-corrected chi connectivity index (χ4v) is 0.431. The second-order valence-electron chi connectivity index (χ2n) is 3.41. The molecule has 0 rings (SSSR count). The van der Waals surface area contributed by atoms with Crippen LogP contribution in [0.5, 0.6) is 0 Å². The van der Waals surface area contributed by atoms with Gasteiger partial charge in [-0.25, -0.2) is 9.68 Å². The number of carbonyl (C=O) groups is 1. The molecule has 82 valence electrons. The van der Waals surface area contributed by atoms with E-state index in [0.717, 1.165) is 0 Å². The van der Waals surface area contributed by atoms with Crippen molar-refractivity contribution in [1.29, 1.82) is 0 Å². The Bertz CT molecular complexity index is 192. The van der Waals surface area contributed by atoms with Gasteiger partial charge in [-0.15, -0.1) is 0 Å². The van der Waals surface area contributed by atoms with Gasteiger partial charge in [0.2, 0.25) is 6.79 Å². The average molecular weight is 204 g/mol. The lowest BCUT2D eigenvalue weighted by Gasteiger charge is -2.16.